The van der Waals surface area contributed by atoms with Gasteiger partial charge in [0.1, 0.15) is 0 Å². The van der Waals surface area contributed by atoms with Gasteiger partial charge in [-0.1, -0.05) is 5.16 Å². The number of pyridine rings is 1. The first-order valence-corrected chi connectivity index (χ1v) is 8.86. The van der Waals surface area contributed by atoms with Gasteiger partial charge in [-0.15, -0.1) is 0 Å². The Hall–Kier alpha value is -2.52. The monoisotopic (exact) mass is 358 g/mol. The van der Waals surface area contributed by atoms with E-state index in [0.29, 0.717) is 57.7 Å². The summed E-state index contributed by atoms with van der Waals surface area (Å²) in [7, 11) is 0. The molecule has 2 amide bonds. The summed E-state index contributed by atoms with van der Waals surface area (Å²) < 4.78 is 10.7. The number of nitrogens with zero attached hydrogens (tertiary/aromatic N) is 6. The van der Waals surface area contributed by atoms with Crippen molar-refractivity contribution in [1.82, 2.24) is 29.8 Å². The van der Waals surface area contributed by atoms with Crippen molar-refractivity contribution >= 4 is 6.03 Å². The Balaban J connectivity index is 1.29. The van der Waals surface area contributed by atoms with Gasteiger partial charge in [-0.25, -0.2) is 4.79 Å². The van der Waals surface area contributed by atoms with E-state index in [0.717, 1.165) is 18.7 Å². The number of morpholine rings is 1. The fraction of sp³-hybridized carbons (Fsp3) is 0.529. The lowest BCUT2D eigenvalue weighted by Gasteiger charge is -2.38. The Morgan fingerprint density at radius 3 is 2.58 bits per heavy atom. The molecule has 0 N–H and O–H groups in total. The predicted molar refractivity (Wildman–Crippen MR) is 92.2 cm³/mol. The summed E-state index contributed by atoms with van der Waals surface area (Å²) in [5.41, 5.74) is 0.837. The van der Waals surface area contributed by atoms with Crippen LogP contribution < -0.4 is 0 Å². The van der Waals surface area contributed by atoms with Crippen LogP contribution in [0.2, 0.25) is 0 Å². The third-order valence-electron chi connectivity index (χ3n) is 4.67. The molecule has 0 saturated carbocycles. The van der Waals surface area contributed by atoms with E-state index in [-0.39, 0.29) is 6.03 Å². The molecule has 0 unspecified atom stereocenters. The fourth-order valence-electron chi connectivity index (χ4n) is 3.17. The summed E-state index contributed by atoms with van der Waals surface area (Å²) in [6, 6.07) is 3.86. The van der Waals surface area contributed by atoms with Crippen LogP contribution in [0.15, 0.2) is 29.0 Å². The maximum absolute atomic E-state index is 12.5. The zero-order chi connectivity index (χ0) is 17.8. The second kappa shape index (κ2) is 7.79. The Morgan fingerprint density at radius 2 is 1.85 bits per heavy atom. The molecule has 0 spiro atoms. The van der Waals surface area contributed by atoms with Crippen molar-refractivity contribution in [3.63, 3.8) is 0 Å². The van der Waals surface area contributed by atoms with E-state index in [1.807, 2.05) is 21.9 Å². The zero-order valence-corrected chi connectivity index (χ0v) is 14.6. The van der Waals surface area contributed by atoms with Crippen LogP contribution in [0.25, 0.3) is 11.4 Å². The van der Waals surface area contributed by atoms with E-state index < -0.39 is 0 Å². The molecule has 0 atom stereocenters. The maximum atomic E-state index is 12.5. The highest BCUT2D eigenvalue weighted by Gasteiger charge is 2.27. The molecule has 138 valence electrons. The third kappa shape index (κ3) is 3.83. The van der Waals surface area contributed by atoms with Gasteiger partial charge in [0.15, 0.2) is 0 Å². The van der Waals surface area contributed by atoms with Crippen molar-refractivity contribution in [3.05, 3.63) is 30.4 Å². The molecule has 0 bridgehead atoms. The lowest BCUT2D eigenvalue weighted by atomic mass is 10.3. The highest BCUT2D eigenvalue weighted by Crippen LogP contribution is 2.15. The summed E-state index contributed by atoms with van der Waals surface area (Å²) in [4.78, 5) is 27.0. The van der Waals surface area contributed by atoms with Crippen molar-refractivity contribution < 1.29 is 14.1 Å². The standard InChI is InChI=1S/C17H22N6O3/c24-17(23-8-10-25-11-9-23)22-6-4-21(5-7-22)13-15-19-16(20-26-15)14-2-1-3-18-12-14/h1-3,12H,4-11,13H2. The van der Waals surface area contributed by atoms with Gasteiger partial charge in [0, 0.05) is 57.2 Å². The molecular weight excluding hydrogens is 336 g/mol. The number of carbonyl (C=O) groups is 1. The van der Waals surface area contributed by atoms with Crippen LogP contribution >= 0.6 is 0 Å². The molecular formula is C17H22N6O3. The highest BCUT2D eigenvalue weighted by molar-refractivity contribution is 5.74. The number of rotatable bonds is 3. The molecule has 2 aliphatic rings. The van der Waals surface area contributed by atoms with Gasteiger partial charge in [0.05, 0.1) is 19.8 Å². The average Bonchev–Trinajstić information content (AvgIpc) is 3.18. The number of ether oxygens (including phenoxy) is 1. The molecule has 26 heavy (non-hydrogen) atoms. The molecule has 2 aliphatic heterocycles. The minimum Gasteiger partial charge on any atom is -0.378 e. The van der Waals surface area contributed by atoms with E-state index >= 15 is 0 Å². The van der Waals surface area contributed by atoms with Crippen LogP contribution in [0, 0.1) is 0 Å². The van der Waals surface area contributed by atoms with E-state index in [1.54, 1.807) is 12.4 Å². The van der Waals surface area contributed by atoms with Gasteiger partial charge in [-0.2, -0.15) is 4.98 Å². The maximum Gasteiger partial charge on any atom is 0.320 e. The molecule has 2 saturated heterocycles. The van der Waals surface area contributed by atoms with Crippen LogP contribution in [-0.4, -0.2) is 88.3 Å². The number of amides is 2. The van der Waals surface area contributed by atoms with Crippen molar-refractivity contribution in [3.8, 4) is 11.4 Å². The van der Waals surface area contributed by atoms with Crippen LogP contribution in [0.5, 0.6) is 0 Å². The number of hydrogen-bond acceptors (Lipinski definition) is 7. The summed E-state index contributed by atoms with van der Waals surface area (Å²) in [6.45, 7) is 6.20. The third-order valence-corrected chi connectivity index (χ3v) is 4.67. The van der Waals surface area contributed by atoms with Crippen molar-refractivity contribution in [2.75, 3.05) is 52.5 Å². The summed E-state index contributed by atoms with van der Waals surface area (Å²) >= 11 is 0. The highest BCUT2D eigenvalue weighted by atomic mass is 16.5. The molecule has 4 rings (SSSR count). The molecule has 2 fully saturated rings. The average molecular weight is 358 g/mol. The molecule has 4 heterocycles. The minimum atomic E-state index is 0.115. The van der Waals surface area contributed by atoms with Gasteiger partial charge in [0.2, 0.25) is 11.7 Å². The van der Waals surface area contributed by atoms with E-state index in [2.05, 4.69) is 20.0 Å². The molecule has 2 aromatic rings. The van der Waals surface area contributed by atoms with Crippen molar-refractivity contribution in [2.45, 2.75) is 6.54 Å². The number of aromatic nitrogens is 3. The first kappa shape index (κ1) is 16.9. The van der Waals surface area contributed by atoms with E-state index in [4.69, 9.17) is 9.26 Å². The lowest BCUT2D eigenvalue weighted by Crippen LogP contribution is -2.54. The first-order chi connectivity index (χ1) is 12.8. The van der Waals surface area contributed by atoms with Gasteiger partial charge in [-0.3, -0.25) is 9.88 Å². The minimum absolute atomic E-state index is 0.115. The SMILES string of the molecule is O=C(N1CCOCC1)N1CCN(Cc2nc(-c3cccnc3)no2)CC1. The Labute approximate surface area is 151 Å². The Bertz CT molecular complexity index is 723. The summed E-state index contributed by atoms with van der Waals surface area (Å²) in [5, 5.41) is 4.02. The summed E-state index contributed by atoms with van der Waals surface area (Å²) in [6.07, 6.45) is 3.42. The van der Waals surface area contributed by atoms with Gasteiger partial charge >= 0.3 is 6.03 Å². The second-order valence-corrected chi connectivity index (χ2v) is 6.40. The van der Waals surface area contributed by atoms with Crippen LogP contribution in [0.4, 0.5) is 4.79 Å². The first-order valence-electron chi connectivity index (χ1n) is 8.86. The van der Waals surface area contributed by atoms with Gasteiger partial charge in [0.25, 0.3) is 0 Å². The van der Waals surface area contributed by atoms with Crippen molar-refractivity contribution in [2.24, 2.45) is 0 Å². The molecule has 9 heteroatoms. The van der Waals surface area contributed by atoms with Gasteiger partial charge in [-0.05, 0) is 12.1 Å². The topological polar surface area (TPSA) is 87.8 Å². The molecule has 0 aromatic carbocycles. The van der Waals surface area contributed by atoms with E-state index in [1.165, 1.54) is 0 Å². The lowest BCUT2D eigenvalue weighted by molar-refractivity contribution is 0.0367. The van der Waals surface area contributed by atoms with Crippen LogP contribution in [0.3, 0.4) is 0 Å². The molecule has 0 radical (unpaired) electrons. The Morgan fingerprint density at radius 1 is 1.08 bits per heavy atom. The smallest absolute Gasteiger partial charge is 0.320 e. The van der Waals surface area contributed by atoms with E-state index in [9.17, 15) is 4.79 Å². The number of urea groups is 1. The normalized spacial score (nSPS) is 18.9. The quantitative estimate of drug-likeness (QED) is 0.798. The second-order valence-electron chi connectivity index (χ2n) is 6.40. The van der Waals surface area contributed by atoms with Crippen molar-refractivity contribution in [1.29, 1.82) is 0 Å². The fourth-order valence-corrected chi connectivity index (χ4v) is 3.17. The largest absolute Gasteiger partial charge is 0.378 e. The Kier molecular flexibility index (Phi) is 5.07. The number of hydrogen-bond donors (Lipinski definition) is 0. The van der Waals surface area contributed by atoms with Crippen LogP contribution in [-0.2, 0) is 11.3 Å². The van der Waals surface area contributed by atoms with Gasteiger partial charge < -0.3 is 19.1 Å². The van der Waals surface area contributed by atoms with Crippen LogP contribution in [0.1, 0.15) is 5.89 Å². The zero-order valence-electron chi connectivity index (χ0n) is 14.6. The number of piperazine rings is 1. The molecule has 0 aliphatic carbocycles. The molecule has 2 aromatic heterocycles. The predicted octanol–water partition coefficient (Wildman–Crippen LogP) is 0.701. The number of carbonyl (C=O) groups excluding carboxylic acids is 1. The molecule has 9 nitrogen and oxygen atoms in total. The summed E-state index contributed by atoms with van der Waals surface area (Å²) in [5.74, 6) is 1.13.